The molecule has 28 heteroatoms. The van der Waals surface area contributed by atoms with Crippen LogP contribution in [0.15, 0.2) is 289 Å². The first-order chi connectivity index (χ1) is 65.3. The number of nitrogens with one attached hydrogen (secondary N) is 1. The second kappa shape index (κ2) is 40.3. The fourth-order valence-electron chi connectivity index (χ4n) is 16.7. The van der Waals surface area contributed by atoms with Crippen LogP contribution in [0, 0.1) is 6.92 Å². The number of fused-ring (bicyclic) bond motifs is 10. The molecule has 135 heavy (non-hydrogen) atoms. The van der Waals surface area contributed by atoms with E-state index in [1.807, 2.05) is 245 Å². The molecule has 0 bridgehead atoms. The molecule has 0 radical (unpaired) electrons. The van der Waals surface area contributed by atoms with Gasteiger partial charge in [-0.2, -0.15) is 0 Å². The van der Waals surface area contributed by atoms with Gasteiger partial charge in [0.05, 0.1) is 74.4 Å². The Kier molecular flexibility index (Phi) is 27.5. The summed E-state index contributed by atoms with van der Waals surface area (Å²) >= 11 is 6.04. The fraction of sp³-hybridized carbons (Fsp3) is 0.252. The number of rotatable bonds is 16. The Hall–Kier alpha value is -13.5. The van der Waals surface area contributed by atoms with Gasteiger partial charge in [-0.1, -0.05) is 92.7 Å². The van der Waals surface area contributed by atoms with E-state index in [0.717, 1.165) is 185 Å². The Morgan fingerprint density at radius 2 is 0.756 bits per heavy atom. The van der Waals surface area contributed by atoms with E-state index in [2.05, 4.69) is 151 Å². The summed E-state index contributed by atoms with van der Waals surface area (Å²) in [7, 11) is 14.5. The van der Waals surface area contributed by atoms with E-state index < -0.39 is 0 Å². The van der Waals surface area contributed by atoms with Gasteiger partial charge in [-0.15, -0.1) is 45.3 Å². The molecular formula is C107H104N14O10S4. The third-order valence-electron chi connectivity index (χ3n) is 24.5. The summed E-state index contributed by atoms with van der Waals surface area (Å²) in [6, 6.07) is 76.1. The highest BCUT2D eigenvalue weighted by atomic mass is 32.1. The van der Waals surface area contributed by atoms with Crippen LogP contribution in [0.1, 0.15) is 69.3 Å². The average Bonchev–Trinajstić information content (AvgIpc) is 1.76. The molecule has 0 saturated carbocycles. The van der Waals surface area contributed by atoms with Gasteiger partial charge in [0.2, 0.25) is 0 Å². The highest BCUT2D eigenvalue weighted by Gasteiger charge is 2.24. The van der Waals surface area contributed by atoms with E-state index >= 15 is 0 Å². The van der Waals surface area contributed by atoms with Gasteiger partial charge in [0.15, 0.2) is 0 Å². The van der Waals surface area contributed by atoms with Crippen molar-refractivity contribution >= 4 is 164 Å². The van der Waals surface area contributed by atoms with Crippen LogP contribution in [0.25, 0.3) is 155 Å². The fourth-order valence-corrected chi connectivity index (χ4v) is 20.5. The molecule has 20 aromatic rings. The molecule has 1 N–H and O–H groups in total. The van der Waals surface area contributed by atoms with Crippen molar-refractivity contribution in [2.45, 2.75) is 65.6 Å². The van der Waals surface area contributed by atoms with Crippen LogP contribution in [0.4, 0.5) is 17.1 Å². The van der Waals surface area contributed by atoms with E-state index in [9.17, 15) is 24.0 Å². The molecular weight excluding hydrogens is 1770 g/mol. The third kappa shape index (κ3) is 21.0. The summed E-state index contributed by atoms with van der Waals surface area (Å²) in [5.41, 5.74) is 15.5. The van der Waals surface area contributed by atoms with E-state index in [0.29, 0.717) is 87.5 Å². The number of hydrogen-bond donors (Lipinski definition) is 1. The maximum Gasteiger partial charge on any atom is 0.346 e. The number of likely N-dealkylation sites (N-methyl/N-ethyl adjacent to an activating group) is 4. The van der Waals surface area contributed by atoms with E-state index in [1.54, 1.807) is 0 Å². The molecule has 24 nitrogen and oxygen atoms in total. The summed E-state index contributed by atoms with van der Waals surface area (Å²) < 4.78 is 34.5. The number of aryl methyl sites for hydroxylation is 1. The van der Waals surface area contributed by atoms with E-state index in [1.165, 1.54) is 45.3 Å². The molecule has 13 heterocycles. The number of pyridine rings is 1. The number of nitrogens with zero attached hydrogens (tertiary/aromatic N) is 13. The summed E-state index contributed by atoms with van der Waals surface area (Å²) in [6.45, 7) is 20.6. The number of thiazole rings is 4. The molecule has 0 aliphatic carbocycles. The van der Waals surface area contributed by atoms with Gasteiger partial charge in [-0.3, -0.25) is 0 Å². The van der Waals surface area contributed by atoms with E-state index in [-0.39, 0.29) is 40.2 Å². The Balaban J connectivity index is 0.000000113. The quantitative estimate of drug-likeness (QED) is 0.0882. The van der Waals surface area contributed by atoms with Gasteiger partial charge in [0, 0.05) is 152 Å². The number of anilines is 3. The van der Waals surface area contributed by atoms with Crippen LogP contribution in [-0.4, -0.2) is 170 Å². The van der Waals surface area contributed by atoms with Crippen molar-refractivity contribution < 1.29 is 22.1 Å². The maximum absolute atomic E-state index is 12.7. The number of aromatic nitrogens is 6. The monoisotopic (exact) mass is 1870 g/mol. The maximum atomic E-state index is 12.7. The molecule has 0 spiro atoms. The van der Waals surface area contributed by atoms with Crippen molar-refractivity contribution in [1.82, 2.24) is 54.2 Å². The zero-order valence-corrected chi connectivity index (χ0v) is 80.6. The van der Waals surface area contributed by atoms with Crippen molar-refractivity contribution in [1.29, 1.82) is 0 Å². The number of hydrogen-bond acceptors (Lipinski definition) is 27. The molecule has 686 valence electrons. The van der Waals surface area contributed by atoms with Crippen molar-refractivity contribution in [3.63, 3.8) is 0 Å². The first-order valence-corrected chi connectivity index (χ1v) is 48.5. The number of imidazole rings is 1. The lowest BCUT2D eigenvalue weighted by Crippen LogP contribution is -2.28. The highest BCUT2D eigenvalue weighted by molar-refractivity contribution is 7.22. The predicted octanol–water partition coefficient (Wildman–Crippen LogP) is 21.7. The van der Waals surface area contributed by atoms with Crippen LogP contribution < -0.4 is 48.1 Å². The van der Waals surface area contributed by atoms with Crippen LogP contribution >= 0.6 is 45.3 Å². The first-order valence-electron chi connectivity index (χ1n) is 45.2. The molecule has 2 aliphatic rings. The Morgan fingerprint density at radius 3 is 1.17 bits per heavy atom. The molecule has 2 aliphatic heterocycles. The van der Waals surface area contributed by atoms with Crippen molar-refractivity contribution in [2.75, 3.05) is 129 Å². The van der Waals surface area contributed by atoms with Gasteiger partial charge in [0.25, 0.3) is 0 Å². The van der Waals surface area contributed by atoms with Gasteiger partial charge < -0.3 is 66.1 Å². The lowest BCUT2D eigenvalue weighted by molar-refractivity contribution is 0.321. The van der Waals surface area contributed by atoms with Crippen LogP contribution in [0.5, 0.6) is 0 Å². The molecule has 11 aromatic heterocycles. The average molecular weight is 1870 g/mol. The Labute approximate surface area is 794 Å². The Bertz CT molecular complexity index is 7950. The van der Waals surface area contributed by atoms with Crippen molar-refractivity contribution in [3.05, 3.63) is 312 Å². The van der Waals surface area contributed by atoms with Gasteiger partial charge in [-0.05, 0) is 239 Å². The van der Waals surface area contributed by atoms with Gasteiger partial charge in [-0.25, -0.2) is 48.9 Å². The number of para-hydroxylation sites is 4. The minimum Gasteiger partial charge on any atom is -0.422 e. The van der Waals surface area contributed by atoms with Crippen LogP contribution in [-0.2, 0) is 0 Å². The first kappa shape index (κ1) is 92.0. The highest BCUT2D eigenvalue weighted by Crippen LogP contribution is 2.38. The largest absolute Gasteiger partial charge is 0.422 e. The molecule has 2 atom stereocenters. The Morgan fingerprint density at radius 1 is 0.378 bits per heavy atom. The standard InChI is InChI=1S/C23H24N4O2.C22H21N3O2S.C21H21N3O2S.C21H20N2O2S.C20H18N2O2S/c1-16-4-7-22-24-20(15-27(22)14-16)19-12-17-5-6-18(13-21(17)29-23(19)28)26-9-3-8-25(2)10-11-26;1-24-9-4-10-25(12-11-24)16-8-7-15-13-17(22(26)27-19(15)14-16)21-23-18-5-2-3-6-20(18)28-21;1-23(2)10-11-24(3)15-9-8-14-12-16(21(25)26-18(14)13-15)20-22-17-6-4-5-7-19(17)27-20;1-12(2)22-13(3)14-8-9-15-10-16(21(24)25-18(15)11-14)20-23-17-6-4-5-7-19(17)26-20;1-12(22(2)3)13-8-9-14-10-15(20(23)24-17(14)11-13)19-21-16-6-4-5-7-18(16)25-19/h4-7,12-15H,3,8-11H2,1-2H3;2-3,5-8,13-14H,4,9-12H2,1H3;4-9,12-13H,10-11H2,1-3H3;4-13,22H,1-3H3;4-12H,1-3H3. The summed E-state index contributed by atoms with van der Waals surface area (Å²) in [5, 5.41) is 10.8. The summed E-state index contributed by atoms with van der Waals surface area (Å²) in [5.74, 6) is 0. The zero-order valence-electron chi connectivity index (χ0n) is 77.3. The molecule has 0 amide bonds. The molecule has 22 rings (SSSR count). The minimum atomic E-state index is -0.356. The molecule has 2 unspecified atom stereocenters. The second-order valence-electron chi connectivity index (χ2n) is 35.2. The van der Waals surface area contributed by atoms with Crippen LogP contribution in [0.2, 0.25) is 0 Å². The minimum absolute atomic E-state index is 0.189. The summed E-state index contributed by atoms with van der Waals surface area (Å²) in [6.07, 6.45) is 6.14. The molecule has 2 fully saturated rings. The lowest BCUT2D eigenvalue weighted by Gasteiger charge is -2.22. The van der Waals surface area contributed by atoms with Gasteiger partial charge in [0.1, 0.15) is 53.6 Å². The topological polar surface area (TPSA) is 255 Å². The molecule has 2 saturated heterocycles. The van der Waals surface area contributed by atoms with Crippen molar-refractivity contribution in [3.8, 4) is 53.5 Å². The SMILES string of the molecule is CC(C)NC(C)c1ccc2cc(-c3nc4ccccc4s3)c(=O)oc2c1.CC(c1ccc2cc(-c3nc4ccccc4s3)c(=O)oc2c1)N(C)C.CN(C)CCN(C)c1ccc2cc(-c3nc4ccccc4s3)c(=O)oc2c1.CN1CCCN(c2ccc3cc(-c4nc5ccccc5s4)c(=O)oc3c2)CC1.Cc1ccc2nc(-c3cc4ccc(N5CCCN(C)CC5)cc4oc3=O)cn2c1. The molecule has 9 aromatic carbocycles. The normalized spacial score (nSPS) is 13.9. The lowest BCUT2D eigenvalue weighted by atomic mass is 10.1. The van der Waals surface area contributed by atoms with Crippen LogP contribution in [0.3, 0.4) is 0 Å². The number of benzene rings is 9. The second-order valence-corrected chi connectivity index (χ2v) is 39.4. The van der Waals surface area contributed by atoms with E-state index in [4.69, 9.17) is 22.1 Å². The zero-order chi connectivity index (χ0) is 93.8. The van der Waals surface area contributed by atoms with Crippen molar-refractivity contribution in [2.24, 2.45) is 0 Å². The van der Waals surface area contributed by atoms with Gasteiger partial charge >= 0.3 is 28.1 Å². The summed E-state index contributed by atoms with van der Waals surface area (Å²) in [4.78, 5) is 102. The predicted molar refractivity (Wildman–Crippen MR) is 555 cm³/mol. The third-order valence-corrected chi connectivity index (χ3v) is 28.8. The smallest absolute Gasteiger partial charge is 0.346 e.